The van der Waals surface area contributed by atoms with Gasteiger partial charge < -0.3 is 9.67 Å². The number of hydrogen-bond acceptors (Lipinski definition) is 2. The van der Waals surface area contributed by atoms with Crippen molar-refractivity contribution >= 4 is 23.5 Å². The fourth-order valence-corrected chi connectivity index (χ4v) is 2.45. The van der Waals surface area contributed by atoms with Crippen LogP contribution in [0.4, 0.5) is 5.69 Å². The summed E-state index contributed by atoms with van der Waals surface area (Å²) < 4.78 is 2.10. The Balaban J connectivity index is 1.89. The van der Waals surface area contributed by atoms with Crippen molar-refractivity contribution in [2.75, 3.05) is 0 Å². The van der Waals surface area contributed by atoms with Gasteiger partial charge in [0.2, 0.25) is 0 Å². The molecule has 0 fully saturated rings. The van der Waals surface area contributed by atoms with Gasteiger partial charge in [0.1, 0.15) is 11.4 Å². The molecule has 0 radical (unpaired) electrons. The second-order valence-corrected chi connectivity index (χ2v) is 5.45. The number of phenolic OH excluding ortho intramolecular Hbond substituents is 1. The van der Waals surface area contributed by atoms with Gasteiger partial charge in [-0.2, -0.15) is 0 Å². The van der Waals surface area contributed by atoms with Crippen LogP contribution in [0.25, 0.3) is 5.69 Å². The van der Waals surface area contributed by atoms with Gasteiger partial charge in [-0.3, -0.25) is 4.99 Å². The molecule has 3 rings (SSSR count). The van der Waals surface area contributed by atoms with Crippen molar-refractivity contribution in [3.05, 3.63) is 77.1 Å². The van der Waals surface area contributed by atoms with Crippen molar-refractivity contribution in [3.8, 4) is 11.4 Å². The van der Waals surface area contributed by atoms with E-state index < -0.39 is 0 Å². The first kappa shape index (κ1) is 14.4. The average molecular weight is 311 g/mol. The molecule has 0 saturated carbocycles. The van der Waals surface area contributed by atoms with Crippen LogP contribution in [0.3, 0.4) is 0 Å². The van der Waals surface area contributed by atoms with Crippen LogP contribution in [-0.4, -0.2) is 15.9 Å². The Morgan fingerprint density at radius 2 is 1.86 bits per heavy atom. The van der Waals surface area contributed by atoms with Gasteiger partial charge in [-0.25, -0.2) is 0 Å². The van der Waals surface area contributed by atoms with Crippen LogP contribution in [0.5, 0.6) is 5.75 Å². The predicted octanol–water partition coefficient (Wildman–Crippen LogP) is 4.90. The second kappa shape index (κ2) is 6.08. The molecule has 0 aliphatic rings. The quantitative estimate of drug-likeness (QED) is 0.687. The Labute approximate surface area is 134 Å². The van der Waals surface area contributed by atoms with Gasteiger partial charge in [0.25, 0.3) is 0 Å². The molecule has 0 atom stereocenters. The van der Waals surface area contributed by atoms with E-state index in [1.807, 2.05) is 37.4 Å². The van der Waals surface area contributed by atoms with Crippen LogP contribution < -0.4 is 0 Å². The maximum absolute atomic E-state index is 9.80. The van der Waals surface area contributed by atoms with Crippen molar-refractivity contribution < 1.29 is 5.11 Å². The molecule has 0 amide bonds. The van der Waals surface area contributed by atoms with Gasteiger partial charge in [0, 0.05) is 40.4 Å². The fourth-order valence-electron chi connectivity index (χ4n) is 2.29. The molecule has 1 heterocycles. The van der Waals surface area contributed by atoms with E-state index >= 15 is 0 Å². The number of hydrogen-bond donors (Lipinski definition) is 1. The standard InChI is InChI=1S/C18H15ClN2O/c1-13-9-14(12-21(13)16-5-3-2-4-6-16)11-20-17-8-7-15(19)10-18(17)22/h2-12,22H,1H3. The number of para-hydroxylation sites is 1. The highest BCUT2D eigenvalue weighted by atomic mass is 35.5. The topological polar surface area (TPSA) is 37.5 Å². The lowest BCUT2D eigenvalue weighted by atomic mass is 10.3. The third-order valence-electron chi connectivity index (χ3n) is 3.36. The summed E-state index contributed by atoms with van der Waals surface area (Å²) in [5.74, 6) is 0.0722. The Hall–Kier alpha value is -2.52. The normalized spacial score (nSPS) is 11.2. The number of benzene rings is 2. The van der Waals surface area contributed by atoms with Gasteiger partial charge in [-0.05, 0) is 37.3 Å². The fraction of sp³-hybridized carbons (Fsp3) is 0.0556. The van der Waals surface area contributed by atoms with Gasteiger partial charge in [0.05, 0.1) is 0 Å². The third kappa shape index (κ3) is 3.05. The lowest BCUT2D eigenvalue weighted by Crippen LogP contribution is -1.93. The van der Waals surface area contributed by atoms with Crippen LogP contribution in [0.2, 0.25) is 5.02 Å². The molecule has 0 saturated heterocycles. The third-order valence-corrected chi connectivity index (χ3v) is 3.59. The average Bonchev–Trinajstić information content (AvgIpc) is 2.88. The molecule has 0 aliphatic carbocycles. The number of phenols is 1. The maximum Gasteiger partial charge on any atom is 0.142 e. The summed E-state index contributed by atoms with van der Waals surface area (Å²) in [7, 11) is 0. The molecule has 1 N–H and O–H groups in total. The maximum atomic E-state index is 9.80. The number of aliphatic imine (C=N–C) groups is 1. The van der Waals surface area contributed by atoms with E-state index in [1.54, 1.807) is 18.3 Å². The van der Waals surface area contributed by atoms with Gasteiger partial charge in [-0.1, -0.05) is 29.8 Å². The molecule has 3 nitrogen and oxygen atoms in total. The van der Waals surface area contributed by atoms with Gasteiger partial charge in [0.15, 0.2) is 0 Å². The summed E-state index contributed by atoms with van der Waals surface area (Å²) in [4.78, 5) is 4.32. The summed E-state index contributed by atoms with van der Waals surface area (Å²) >= 11 is 5.81. The zero-order valence-corrected chi connectivity index (χ0v) is 12.8. The molecule has 2 aromatic carbocycles. The highest BCUT2D eigenvalue weighted by Crippen LogP contribution is 2.29. The van der Waals surface area contributed by atoms with Crippen LogP contribution in [0, 0.1) is 6.92 Å². The van der Waals surface area contributed by atoms with E-state index in [1.165, 1.54) is 6.07 Å². The minimum atomic E-state index is 0.0722. The van der Waals surface area contributed by atoms with E-state index in [0.29, 0.717) is 10.7 Å². The molecule has 110 valence electrons. The first-order valence-corrected chi connectivity index (χ1v) is 7.28. The number of aromatic hydroxyl groups is 1. The van der Waals surface area contributed by atoms with Crippen molar-refractivity contribution in [1.82, 2.24) is 4.57 Å². The Kier molecular flexibility index (Phi) is 3.98. The summed E-state index contributed by atoms with van der Waals surface area (Å²) in [5.41, 5.74) is 3.69. The Bertz CT molecular complexity index is 822. The SMILES string of the molecule is Cc1cc(C=Nc2ccc(Cl)cc2O)cn1-c1ccccc1. The van der Waals surface area contributed by atoms with Crippen molar-refractivity contribution in [2.45, 2.75) is 6.92 Å². The predicted molar refractivity (Wildman–Crippen MR) is 90.9 cm³/mol. The highest BCUT2D eigenvalue weighted by molar-refractivity contribution is 6.30. The van der Waals surface area contributed by atoms with Crippen molar-refractivity contribution in [1.29, 1.82) is 0 Å². The second-order valence-electron chi connectivity index (χ2n) is 5.01. The van der Waals surface area contributed by atoms with Gasteiger partial charge in [-0.15, -0.1) is 0 Å². The first-order chi connectivity index (χ1) is 10.6. The number of nitrogens with zero attached hydrogens (tertiary/aromatic N) is 2. The molecule has 0 bridgehead atoms. The summed E-state index contributed by atoms with van der Waals surface area (Å²) in [6.45, 7) is 2.05. The van der Waals surface area contributed by atoms with Crippen LogP contribution in [0.15, 0.2) is 65.8 Å². The number of aryl methyl sites for hydroxylation is 1. The van der Waals surface area contributed by atoms with E-state index in [2.05, 4.69) is 21.7 Å². The van der Waals surface area contributed by atoms with Crippen molar-refractivity contribution in [2.24, 2.45) is 4.99 Å². The number of aromatic nitrogens is 1. The molecule has 0 aliphatic heterocycles. The summed E-state index contributed by atoms with van der Waals surface area (Å²) in [6, 6.07) is 17.0. The van der Waals surface area contributed by atoms with Crippen LogP contribution in [0.1, 0.15) is 11.3 Å². The molecule has 1 aromatic heterocycles. The smallest absolute Gasteiger partial charge is 0.142 e. The summed E-state index contributed by atoms with van der Waals surface area (Å²) in [5, 5.41) is 10.3. The van der Waals surface area contributed by atoms with Crippen LogP contribution >= 0.6 is 11.6 Å². The van der Waals surface area contributed by atoms with Crippen molar-refractivity contribution in [3.63, 3.8) is 0 Å². The molecule has 4 heteroatoms. The molecular weight excluding hydrogens is 296 g/mol. The molecule has 3 aromatic rings. The highest BCUT2D eigenvalue weighted by Gasteiger charge is 2.03. The molecule has 0 spiro atoms. The van der Waals surface area contributed by atoms with E-state index in [4.69, 9.17) is 11.6 Å². The monoisotopic (exact) mass is 310 g/mol. The van der Waals surface area contributed by atoms with E-state index in [9.17, 15) is 5.11 Å². The zero-order valence-electron chi connectivity index (χ0n) is 12.1. The van der Waals surface area contributed by atoms with Crippen LogP contribution in [-0.2, 0) is 0 Å². The number of halogens is 1. The zero-order chi connectivity index (χ0) is 15.5. The minimum Gasteiger partial charge on any atom is -0.506 e. The molecule has 22 heavy (non-hydrogen) atoms. The van der Waals surface area contributed by atoms with E-state index in [0.717, 1.165) is 16.9 Å². The van der Waals surface area contributed by atoms with Gasteiger partial charge >= 0.3 is 0 Å². The number of rotatable bonds is 3. The lowest BCUT2D eigenvalue weighted by molar-refractivity contribution is 0.477. The van der Waals surface area contributed by atoms with E-state index in [-0.39, 0.29) is 5.75 Å². The lowest BCUT2D eigenvalue weighted by Gasteiger charge is -2.04. The molecular formula is C18H15ClN2O. The largest absolute Gasteiger partial charge is 0.506 e. The molecule has 0 unspecified atom stereocenters. The Morgan fingerprint density at radius 1 is 1.09 bits per heavy atom. The summed E-state index contributed by atoms with van der Waals surface area (Å²) in [6.07, 6.45) is 3.75. The Morgan fingerprint density at radius 3 is 2.59 bits per heavy atom. The minimum absolute atomic E-state index is 0.0722. The first-order valence-electron chi connectivity index (χ1n) is 6.90.